The topological polar surface area (TPSA) is 54.9 Å². The zero-order valence-electron chi connectivity index (χ0n) is 12.7. The minimum absolute atomic E-state index is 0.0367. The van der Waals surface area contributed by atoms with Crippen molar-refractivity contribution in [2.24, 2.45) is 5.92 Å². The molecule has 4 heteroatoms. The molecule has 1 aromatic carbocycles. The van der Waals surface area contributed by atoms with Gasteiger partial charge in [-0.15, -0.1) is 0 Å². The Morgan fingerprint density at radius 3 is 2.43 bits per heavy atom. The molecular formula is C17H21N3O. The van der Waals surface area contributed by atoms with Gasteiger partial charge in [0.15, 0.2) is 0 Å². The first-order valence-corrected chi connectivity index (χ1v) is 7.27. The third-order valence-corrected chi connectivity index (χ3v) is 3.50. The van der Waals surface area contributed by atoms with Gasteiger partial charge in [0.05, 0.1) is 12.2 Å². The number of hydrogen-bond donors (Lipinski definition) is 1. The Kier molecular flexibility index (Phi) is 5.04. The highest BCUT2D eigenvalue weighted by Crippen LogP contribution is 2.22. The van der Waals surface area contributed by atoms with E-state index in [2.05, 4.69) is 60.3 Å². The molecule has 0 unspecified atom stereocenters. The van der Waals surface area contributed by atoms with Gasteiger partial charge < -0.3 is 5.32 Å². The van der Waals surface area contributed by atoms with Crippen LogP contribution in [0.3, 0.4) is 0 Å². The Morgan fingerprint density at radius 2 is 1.90 bits per heavy atom. The van der Waals surface area contributed by atoms with Crippen LogP contribution in [-0.4, -0.2) is 15.9 Å². The smallest absolute Gasteiger partial charge is 0.271 e. The molecule has 1 amide bonds. The van der Waals surface area contributed by atoms with Gasteiger partial charge in [-0.2, -0.15) is 0 Å². The number of rotatable bonds is 5. The van der Waals surface area contributed by atoms with Crippen molar-refractivity contribution >= 4 is 5.91 Å². The summed E-state index contributed by atoms with van der Waals surface area (Å²) in [6.07, 6.45) is 5.57. The summed E-state index contributed by atoms with van der Waals surface area (Å²) in [6, 6.07) is 8.35. The summed E-state index contributed by atoms with van der Waals surface area (Å²) < 4.78 is 0. The molecule has 110 valence electrons. The standard InChI is InChI=1S/C17H21N3O/c1-4-13-5-7-14(8-6-13)16(12(2)3)20-17(21)15-11-18-9-10-19-15/h5-12,16H,4H2,1-3H3,(H,20,21)/t16-/m0/s1. The Labute approximate surface area is 125 Å². The number of hydrogen-bond acceptors (Lipinski definition) is 3. The molecule has 1 aromatic heterocycles. The lowest BCUT2D eigenvalue weighted by Gasteiger charge is -2.23. The number of aryl methyl sites for hydroxylation is 1. The van der Waals surface area contributed by atoms with E-state index >= 15 is 0 Å². The molecule has 0 spiro atoms. The predicted octanol–water partition coefficient (Wildman–Crippen LogP) is 3.17. The van der Waals surface area contributed by atoms with E-state index in [0.29, 0.717) is 5.69 Å². The quantitative estimate of drug-likeness (QED) is 0.917. The highest BCUT2D eigenvalue weighted by atomic mass is 16.1. The summed E-state index contributed by atoms with van der Waals surface area (Å²) in [5.74, 6) is 0.0967. The molecular weight excluding hydrogens is 262 g/mol. The Balaban J connectivity index is 2.17. The van der Waals surface area contributed by atoms with Gasteiger partial charge in [-0.25, -0.2) is 4.98 Å². The van der Waals surface area contributed by atoms with Crippen LogP contribution in [0.5, 0.6) is 0 Å². The van der Waals surface area contributed by atoms with Gasteiger partial charge in [-0.1, -0.05) is 45.0 Å². The first-order valence-electron chi connectivity index (χ1n) is 7.27. The Morgan fingerprint density at radius 1 is 1.19 bits per heavy atom. The number of carbonyl (C=O) groups excluding carboxylic acids is 1. The molecule has 0 saturated carbocycles. The number of aromatic nitrogens is 2. The largest absolute Gasteiger partial charge is 0.344 e. The number of nitrogens with zero attached hydrogens (tertiary/aromatic N) is 2. The van der Waals surface area contributed by atoms with Gasteiger partial charge in [0.2, 0.25) is 0 Å². The maximum atomic E-state index is 12.2. The fourth-order valence-corrected chi connectivity index (χ4v) is 2.23. The molecule has 0 aliphatic carbocycles. The Hall–Kier alpha value is -2.23. The molecule has 0 fully saturated rings. The second kappa shape index (κ2) is 6.97. The van der Waals surface area contributed by atoms with Crippen LogP contribution in [0.4, 0.5) is 0 Å². The molecule has 0 saturated heterocycles. The number of nitrogens with one attached hydrogen (secondary N) is 1. The van der Waals surface area contributed by atoms with Crippen LogP contribution >= 0.6 is 0 Å². The molecule has 1 atom stereocenters. The van der Waals surface area contributed by atoms with E-state index in [-0.39, 0.29) is 17.9 Å². The Bertz CT molecular complexity index is 579. The molecule has 0 aliphatic rings. The fraction of sp³-hybridized carbons (Fsp3) is 0.353. The van der Waals surface area contributed by atoms with Crippen LogP contribution in [-0.2, 0) is 6.42 Å². The molecule has 2 rings (SSSR count). The molecule has 21 heavy (non-hydrogen) atoms. The molecule has 2 aromatic rings. The van der Waals surface area contributed by atoms with Gasteiger partial charge in [-0.3, -0.25) is 9.78 Å². The third-order valence-electron chi connectivity index (χ3n) is 3.50. The van der Waals surface area contributed by atoms with E-state index in [0.717, 1.165) is 12.0 Å². The van der Waals surface area contributed by atoms with E-state index < -0.39 is 0 Å². The molecule has 1 N–H and O–H groups in total. The predicted molar refractivity (Wildman–Crippen MR) is 82.9 cm³/mol. The average molecular weight is 283 g/mol. The van der Waals surface area contributed by atoms with E-state index in [1.807, 2.05) is 0 Å². The zero-order valence-corrected chi connectivity index (χ0v) is 12.7. The summed E-state index contributed by atoms with van der Waals surface area (Å²) >= 11 is 0. The summed E-state index contributed by atoms with van der Waals surface area (Å²) in [4.78, 5) is 20.2. The van der Waals surface area contributed by atoms with Gasteiger partial charge in [0.1, 0.15) is 5.69 Å². The van der Waals surface area contributed by atoms with Crippen molar-refractivity contribution in [3.05, 3.63) is 59.7 Å². The normalized spacial score (nSPS) is 12.2. The summed E-state index contributed by atoms with van der Waals surface area (Å²) in [7, 11) is 0. The van der Waals surface area contributed by atoms with Crippen molar-refractivity contribution in [3.8, 4) is 0 Å². The maximum absolute atomic E-state index is 12.2. The third kappa shape index (κ3) is 3.88. The van der Waals surface area contributed by atoms with Gasteiger partial charge in [0, 0.05) is 12.4 Å². The van der Waals surface area contributed by atoms with E-state index in [1.54, 1.807) is 6.20 Å². The van der Waals surface area contributed by atoms with Crippen LogP contribution in [0.15, 0.2) is 42.9 Å². The monoisotopic (exact) mass is 283 g/mol. The fourth-order valence-electron chi connectivity index (χ4n) is 2.23. The van der Waals surface area contributed by atoms with Crippen LogP contribution in [0.1, 0.15) is 48.4 Å². The zero-order chi connectivity index (χ0) is 15.2. The van der Waals surface area contributed by atoms with Crippen molar-refractivity contribution in [3.63, 3.8) is 0 Å². The van der Waals surface area contributed by atoms with Crippen molar-refractivity contribution in [2.45, 2.75) is 33.2 Å². The van der Waals surface area contributed by atoms with Crippen LogP contribution in [0, 0.1) is 5.92 Å². The van der Waals surface area contributed by atoms with E-state index in [9.17, 15) is 4.79 Å². The highest BCUT2D eigenvalue weighted by molar-refractivity contribution is 5.92. The highest BCUT2D eigenvalue weighted by Gasteiger charge is 2.19. The molecule has 1 heterocycles. The van der Waals surface area contributed by atoms with Crippen LogP contribution < -0.4 is 5.32 Å². The van der Waals surface area contributed by atoms with Crippen LogP contribution in [0.25, 0.3) is 0 Å². The SMILES string of the molecule is CCc1ccc([C@@H](NC(=O)c2cnccn2)C(C)C)cc1. The maximum Gasteiger partial charge on any atom is 0.271 e. The number of amides is 1. The lowest BCUT2D eigenvalue weighted by atomic mass is 9.94. The average Bonchev–Trinajstić information content (AvgIpc) is 2.53. The lowest BCUT2D eigenvalue weighted by molar-refractivity contribution is 0.0920. The summed E-state index contributed by atoms with van der Waals surface area (Å²) in [5.41, 5.74) is 2.74. The molecule has 0 bridgehead atoms. The summed E-state index contributed by atoms with van der Waals surface area (Å²) in [6.45, 7) is 6.31. The second-order valence-corrected chi connectivity index (χ2v) is 5.38. The molecule has 0 aliphatic heterocycles. The van der Waals surface area contributed by atoms with Gasteiger partial charge in [-0.05, 0) is 23.5 Å². The summed E-state index contributed by atoms with van der Waals surface area (Å²) in [5, 5.41) is 3.05. The van der Waals surface area contributed by atoms with Crippen molar-refractivity contribution in [2.75, 3.05) is 0 Å². The van der Waals surface area contributed by atoms with Crippen molar-refractivity contribution in [1.29, 1.82) is 0 Å². The first-order chi connectivity index (χ1) is 10.1. The van der Waals surface area contributed by atoms with E-state index in [1.165, 1.54) is 18.0 Å². The number of benzene rings is 1. The van der Waals surface area contributed by atoms with Crippen molar-refractivity contribution in [1.82, 2.24) is 15.3 Å². The van der Waals surface area contributed by atoms with Gasteiger partial charge >= 0.3 is 0 Å². The minimum atomic E-state index is -0.193. The minimum Gasteiger partial charge on any atom is -0.344 e. The molecule has 4 nitrogen and oxygen atoms in total. The van der Waals surface area contributed by atoms with Gasteiger partial charge in [0.25, 0.3) is 5.91 Å². The first kappa shape index (κ1) is 15.2. The van der Waals surface area contributed by atoms with Crippen molar-refractivity contribution < 1.29 is 4.79 Å². The molecule has 0 radical (unpaired) electrons. The van der Waals surface area contributed by atoms with Crippen LogP contribution in [0.2, 0.25) is 0 Å². The number of carbonyl (C=O) groups is 1. The van der Waals surface area contributed by atoms with E-state index in [4.69, 9.17) is 0 Å². The lowest BCUT2D eigenvalue weighted by Crippen LogP contribution is -2.32. The second-order valence-electron chi connectivity index (χ2n) is 5.38.